The standard InChI is InChI=1S/C19H16O3/c1-12-13(2)18(16-11-7-6-10-15(16)17(12)20)22-19(21)14-8-4-3-5-9-14/h3-11,20H,1-2H3. The third-order valence-electron chi connectivity index (χ3n) is 3.89. The number of aromatic hydroxyl groups is 1. The maximum absolute atomic E-state index is 12.3. The fraction of sp³-hybridized carbons (Fsp3) is 0.105. The molecule has 0 radical (unpaired) electrons. The van der Waals surface area contributed by atoms with Gasteiger partial charge in [-0.25, -0.2) is 4.79 Å². The minimum absolute atomic E-state index is 0.229. The maximum Gasteiger partial charge on any atom is 0.343 e. The van der Waals surface area contributed by atoms with E-state index in [2.05, 4.69) is 0 Å². The van der Waals surface area contributed by atoms with E-state index in [4.69, 9.17) is 4.74 Å². The van der Waals surface area contributed by atoms with Gasteiger partial charge in [-0.05, 0) is 37.1 Å². The van der Waals surface area contributed by atoms with Crippen LogP contribution in [0.4, 0.5) is 0 Å². The average Bonchev–Trinajstić information content (AvgIpc) is 2.57. The Bertz CT molecular complexity index is 851. The van der Waals surface area contributed by atoms with Crippen molar-refractivity contribution in [3.8, 4) is 11.5 Å². The fourth-order valence-electron chi connectivity index (χ4n) is 2.50. The summed E-state index contributed by atoms with van der Waals surface area (Å²) in [6.45, 7) is 3.66. The Morgan fingerprint density at radius 2 is 1.45 bits per heavy atom. The minimum atomic E-state index is -0.404. The molecule has 1 N–H and O–H groups in total. The first-order valence-corrected chi connectivity index (χ1v) is 7.07. The summed E-state index contributed by atoms with van der Waals surface area (Å²) >= 11 is 0. The quantitative estimate of drug-likeness (QED) is 0.563. The van der Waals surface area contributed by atoms with E-state index in [-0.39, 0.29) is 5.75 Å². The Morgan fingerprint density at radius 1 is 0.864 bits per heavy atom. The fourth-order valence-corrected chi connectivity index (χ4v) is 2.50. The number of ether oxygens (including phenoxy) is 1. The topological polar surface area (TPSA) is 46.5 Å². The molecule has 0 saturated carbocycles. The number of carbonyl (C=O) groups is 1. The van der Waals surface area contributed by atoms with Crippen LogP contribution in [0.5, 0.6) is 11.5 Å². The predicted octanol–water partition coefficient (Wildman–Crippen LogP) is 4.38. The second-order valence-corrected chi connectivity index (χ2v) is 5.23. The number of fused-ring (bicyclic) bond motifs is 1. The summed E-state index contributed by atoms with van der Waals surface area (Å²) < 4.78 is 5.63. The van der Waals surface area contributed by atoms with Crippen molar-refractivity contribution in [1.29, 1.82) is 0 Å². The van der Waals surface area contributed by atoms with E-state index in [1.807, 2.05) is 44.2 Å². The molecule has 0 aliphatic rings. The van der Waals surface area contributed by atoms with Gasteiger partial charge in [0, 0.05) is 10.8 Å². The summed E-state index contributed by atoms with van der Waals surface area (Å²) in [4.78, 5) is 12.3. The van der Waals surface area contributed by atoms with Crippen molar-refractivity contribution in [2.45, 2.75) is 13.8 Å². The highest BCUT2D eigenvalue weighted by Crippen LogP contribution is 2.39. The molecule has 0 bridgehead atoms. The summed E-state index contributed by atoms with van der Waals surface area (Å²) in [7, 11) is 0. The van der Waals surface area contributed by atoms with Crippen LogP contribution in [0.2, 0.25) is 0 Å². The van der Waals surface area contributed by atoms with Crippen LogP contribution in [0.3, 0.4) is 0 Å². The lowest BCUT2D eigenvalue weighted by atomic mass is 9.99. The Balaban J connectivity index is 2.13. The second kappa shape index (κ2) is 5.53. The molecule has 0 atom stereocenters. The lowest BCUT2D eigenvalue weighted by Crippen LogP contribution is -2.10. The summed E-state index contributed by atoms with van der Waals surface area (Å²) in [6.07, 6.45) is 0. The molecule has 3 heteroatoms. The molecule has 3 aromatic rings. The lowest BCUT2D eigenvalue weighted by molar-refractivity contribution is 0.0735. The van der Waals surface area contributed by atoms with Gasteiger partial charge in [-0.1, -0.05) is 42.5 Å². The van der Waals surface area contributed by atoms with Gasteiger partial charge in [-0.2, -0.15) is 0 Å². The average molecular weight is 292 g/mol. The van der Waals surface area contributed by atoms with Crippen molar-refractivity contribution in [3.63, 3.8) is 0 Å². The Kier molecular flexibility index (Phi) is 3.55. The lowest BCUT2D eigenvalue weighted by Gasteiger charge is -2.15. The number of carbonyl (C=O) groups excluding carboxylic acids is 1. The normalized spacial score (nSPS) is 10.6. The first-order chi connectivity index (χ1) is 10.6. The monoisotopic (exact) mass is 292 g/mol. The van der Waals surface area contributed by atoms with Gasteiger partial charge < -0.3 is 9.84 Å². The van der Waals surface area contributed by atoms with E-state index in [9.17, 15) is 9.90 Å². The largest absolute Gasteiger partial charge is 0.507 e. The third-order valence-corrected chi connectivity index (χ3v) is 3.89. The Labute approximate surface area is 128 Å². The molecular weight excluding hydrogens is 276 g/mol. The number of rotatable bonds is 2. The van der Waals surface area contributed by atoms with E-state index in [1.165, 1.54) is 0 Å². The van der Waals surface area contributed by atoms with Crippen LogP contribution in [0.25, 0.3) is 10.8 Å². The SMILES string of the molecule is Cc1c(C)c(OC(=O)c2ccccc2)c2ccccc2c1O. The van der Waals surface area contributed by atoms with Gasteiger partial charge in [0.1, 0.15) is 11.5 Å². The molecule has 0 aliphatic heterocycles. The smallest absolute Gasteiger partial charge is 0.343 e. The van der Waals surface area contributed by atoms with Gasteiger partial charge in [0.05, 0.1) is 5.56 Å². The molecule has 110 valence electrons. The maximum atomic E-state index is 12.3. The molecule has 0 unspecified atom stereocenters. The van der Waals surface area contributed by atoms with Crippen molar-refractivity contribution in [2.75, 3.05) is 0 Å². The summed E-state index contributed by atoms with van der Waals surface area (Å²) in [5.41, 5.74) is 1.98. The molecule has 0 fully saturated rings. The molecule has 0 saturated heterocycles. The third kappa shape index (κ3) is 2.31. The van der Waals surface area contributed by atoms with Gasteiger partial charge in [-0.15, -0.1) is 0 Å². The van der Waals surface area contributed by atoms with Gasteiger partial charge in [-0.3, -0.25) is 0 Å². The molecule has 22 heavy (non-hydrogen) atoms. The zero-order valence-electron chi connectivity index (χ0n) is 12.5. The highest BCUT2D eigenvalue weighted by atomic mass is 16.5. The van der Waals surface area contributed by atoms with Crippen LogP contribution in [-0.4, -0.2) is 11.1 Å². The van der Waals surface area contributed by atoms with Crippen LogP contribution < -0.4 is 4.74 Å². The van der Waals surface area contributed by atoms with Gasteiger partial charge in [0.25, 0.3) is 0 Å². The predicted molar refractivity (Wildman–Crippen MR) is 86.5 cm³/mol. The molecular formula is C19H16O3. The Hall–Kier alpha value is -2.81. The number of phenolic OH excluding ortho intramolecular Hbond substituents is 1. The Morgan fingerprint density at radius 3 is 2.14 bits per heavy atom. The zero-order valence-corrected chi connectivity index (χ0v) is 12.5. The van der Waals surface area contributed by atoms with Crippen molar-refractivity contribution in [3.05, 3.63) is 71.3 Å². The molecule has 0 aromatic heterocycles. The number of benzene rings is 3. The van der Waals surface area contributed by atoms with Gasteiger partial charge in [0.15, 0.2) is 0 Å². The van der Waals surface area contributed by atoms with E-state index >= 15 is 0 Å². The van der Waals surface area contributed by atoms with Crippen LogP contribution in [0, 0.1) is 13.8 Å². The van der Waals surface area contributed by atoms with Crippen molar-refractivity contribution in [2.24, 2.45) is 0 Å². The van der Waals surface area contributed by atoms with Crippen LogP contribution in [0.15, 0.2) is 54.6 Å². The number of phenols is 1. The summed E-state index contributed by atoms with van der Waals surface area (Å²) in [6, 6.07) is 16.2. The highest BCUT2D eigenvalue weighted by Gasteiger charge is 2.17. The molecule has 3 aromatic carbocycles. The highest BCUT2D eigenvalue weighted by molar-refractivity contribution is 5.99. The first kappa shape index (κ1) is 14.1. The zero-order chi connectivity index (χ0) is 15.7. The molecule has 0 spiro atoms. The van der Waals surface area contributed by atoms with Gasteiger partial charge in [0.2, 0.25) is 0 Å². The summed E-state index contributed by atoms with van der Waals surface area (Å²) in [5.74, 6) is 0.325. The van der Waals surface area contributed by atoms with Crippen molar-refractivity contribution in [1.82, 2.24) is 0 Å². The van der Waals surface area contributed by atoms with Crippen molar-refractivity contribution < 1.29 is 14.6 Å². The number of hydrogen-bond acceptors (Lipinski definition) is 3. The van der Waals surface area contributed by atoms with E-state index in [0.717, 1.165) is 16.5 Å². The molecule has 3 nitrogen and oxygen atoms in total. The molecule has 0 amide bonds. The van der Waals surface area contributed by atoms with Crippen molar-refractivity contribution >= 4 is 16.7 Å². The van der Waals surface area contributed by atoms with Crippen LogP contribution in [0.1, 0.15) is 21.5 Å². The van der Waals surface area contributed by atoms with E-state index < -0.39 is 5.97 Å². The minimum Gasteiger partial charge on any atom is -0.507 e. The molecule has 0 aliphatic carbocycles. The molecule has 3 rings (SSSR count). The number of esters is 1. The molecule has 0 heterocycles. The second-order valence-electron chi connectivity index (χ2n) is 5.23. The summed E-state index contributed by atoms with van der Waals surface area (Å²) in [5, 5.41) is 11.7. The van der Waals surface area contributed by atoms with E-state index in [0.29, 0.717) is 16.7 Å². The van der Waals surface area contributed by atoms with Gasteiger partial charge >= 0.3 is 5.97 Å². The number of hydrogen-bond donors (Lipinski definition) is 1. The first-order valence-electron chi connectivity index (χ1n) is 7.07. The van der Waals surface area contributed by atoms with Crippen LogP contribution >= 0.6 is 0 Å². The van der Waals surface area contributed by atoms with Crippen LogP contribution in [-0.2, 0) is 0 Å². The van der Waals surface area contributed by atoms with E-state index in [1.54, 1.807) is 24.3 Å².